The van der Waals surface area contributed by atoms with E-state index in [0.717, 1.165) is 28.7 Å². The first-order chi connectivity index (χ1) is 10.7. The summed E-state index contributed by atoms with van der Waals surface area (Å²) in [6.45, 7) is 2.13. The molecule has 0 saturated heterocycles. The van der Waals surface area contributed by atoms with E-state index in [1.54, 1.807) is 11.6 Å². The van der Waals surface area contributed by atoms with Gasteiger partial charge in [0, 0.05) is 10.5 Å². The van der Waals surface area contributed by atoms with E-state index in [9.17, 15) is 4.79 Å². The van der Waals surface area contributed by atoms with E-state index >= 15 is 0 Å². The number of hydrogen-bond acceptors (Lipinski definition) is 4. The first kappa shape index (κ1) is 15.1. The highest BCUT2D eigenvalue weighted by Gasteiger charge is 2.23. The fourth-order valence-electron chi connectivity index (χ4n) is 2.35. The zero-order valence-corrected chi connectivity index (χ0v) is 14.0. The summed E-state index contributed by atoms with van der Waals surface area (Å²) in [5.74, 6) is -0.391. The average molecular weight is 364 g/mol. The SMILES string of the molecule is CCOC(=O)c1nn(-c2cccc(Br)c2)cc1NC1CCC1. The summed E-state index contributed by atoms with van der Waals surface area (Å²) < 4.78 is 7.78. The van der Waals surface area contributed by atoms with E-state index in [0.29, 0.717) is 18.3 Å². The number of rotatable bonds is 5. The van der Waals surface area contributed by atoms with Crippen LogP contribution in [0, 0.1) is 0 Å². The number of carbonyl (C=O) groups excluding carboxylic acids is 1. The average Bonchev–Trinajstić information content (AvgIpc) is 2.87. The highest BCUT2D eigenvalue weighted by atomic mass is 79.9. The summed E-state index contributed by atoms with van der Waals surface area (Å²) >= 11 is 3.45. The first-order valence-electron chi connectivity index (χ1n) is 7.46. The molecule has 1 saturated carbocycles. The van der Waals surface area contributed by atoms with Crippen molar-refractivity contribution in [3.8, 4) is 5.69 Å². The van der Waals surface area contributed by atoms with Crippen LogP contribution in [0.25, 0.3) is 5.69 Å². The smallest absolute Gasteiger partial charge is 0.361 e. The van der Waals surface area contributed by atoms with Gasteiger partial charge in [0.1, 0.15) is 0 Å². The monoisotopic (exact) mass is 363 g/mol. The number of nitrogens with one attached hydrogen (secondary N) is 1. The molecule has 1 aliphatic rings. The number of benzene rings is 1. The zero-order chi connectivity index (χ0) is 15.5. The van der Waals surface area contributed by atoms with Crippen molar-refractivity contribution in [2.45, 2.75) is 32.2 Å². The number of esters is 1. The van der Waals surface area contributed by atoms with E-state index in [1.807, 2.05) is 30.5 Å². The van der Waals surface area contributed by atoms with Gasteiger partial charge in [-0.05, 0) is 44.4 Å². The lowest BCUT2D eigenvalue weighted by Gasteiger charge is -2.26. The van der Waals surface area contributed by atoms with Crippen LogP contribution in [-0.2, 0) is 4.74 Å². The van der Waals surface area contributed by atoms with E-state index in [4.69, 9.17) is 4.74 Å². The number of nitrogens with zero attached hydrogens (tertiary/aromatic N) is 2. The third kappa shape index (κ3) is 3.16. The Hall–Kier alpha value is -1.82. The van der Waals surface area contributed by atoms with Gasteiger partial charge >= 0.3 is 5.97 Å². The Morgan fingerprint density at radius 1 is 1.50 bits per heavy atom. The Kier molecular flexibility index (Phi) is 4.47. The molecular formula is C16H18BrN3O2. The largest absolute Gasteiger partial charge is 0.461 e. The summed E-state index contributed by atoms with van der Waals surface area (Å²) in [4.78, 5) is 12.1. The minimum atomic E-state index is -0.391. The van der Waals surface area contributed by atoms with Crippen LogP contribution >= 0.6 is 15.9 Å². The van der Waals surface area contributed by atoms with Gasteiger partial charge in [-0.15, -0.1) is 0 Å². The Balaban J connectivity index is 1.93. The summed E-state index contributed by atoms with van der Waals surface area (Å²) in [6.07, 6.45) is 5.34. The zero-order valence-electron chi connectivity index (χ0n) is 12.4. The molecule has 116 valence electrons. The minimum Gasteiger partial charge on any atom is -0.461 e. The fourth-order valence-corrected chi connectivity index (χ4v) is 2.74. The maximum Gasteiger partial charge on any atom is 0.361 e. The van der Waals surface area contributed by atoms with Crippen molar-refractivity contribution in [3.05, 3.63) is 40.6 Å². The molecule has 3 rings (SSSR count). The van der Waals surface area contributed by atoms with Crippen LogP contribution in [0.3, 0.4) is 0 Å². The number of hydrogen-bond donors (Lipinski definition) is 1. The summed E-state index contributed by atoms with van der Waals surface area (Å²) in [5, 5.41) is 7.81. The summed E-state index contributed by atoms with van der Waals surface area (Å²) in [6, 6.07) is 8.21. The number of carbonyl (C=O) groups is 1. The predicted molar refractivity (Wildman–Crippen MR) is 88.5 cm³/mol. The molecule has 0 aliphatic heterocycles. The van der Waals surface area contributed by atoms with Crippen LogP contribution in [-0.4, -0.2) is 28.4 Å². The maximum absolute atomic E-state index is 12.1. The molecule has 5 nitrogen and oxygen atoms in total. The van der Waals surface area contributed by atoms with Gasteiger partial charge in [0.25, 0.3) is 0 Å². The molecule has 1 aromatic carbocycles. The third-order valence-electron chi connectivity index (χ3n) is 3.72. The number of anilines is 1. The Labute approximate surface area is 137 Å². The highest BCUT2D eigenvalue weighted by molar-refractivity contribution is 9.10. The second-order valence-electron chi connectivity index (χ2n) is 5.31. The molecule has 1 aliphatic carbocycles. The predicted octanol–water partition coefficient (Wildman–Crippen LogP) is 3.78. The van der Waals surface area contributed by atoms with Crippen LogP contribution in [0.5, 0.6) is 0 Å². The molecule has 0 atom stereocenters. The van der Waals surface area contributed by atoms with Gasteiger partial charge in [-0.1, -0.05) is 22.0 Å². The van der Waals surface area contributed by atoms with Gasteiger partial charge in [-0.2, -0.15) is 5.10 Å². The molecule has 1 fully saturated rings. The molecule has 0 amide bonds. The van der Waals surface area contributed by atoms with Crippen LogP contribution < -0.4 is 5.32 Å². The molecule has 1 aromatic heterocycles. The second kappa shape index (κ2) is 6.52. The molecular weight excluding hydrogens is 346 g/mol. The maximum atomic E-state index is 12.1. The molecule has 1 heterocycles. The van der Waals surface area contributed by atoms with Crippen molar-refractivity contribution < 1.29 is 9.53 Å². The van der Waals surface area contributed by atoms with E-state index in [2.05, 4.69) is 26.3 Å². The van der Waals surface area contributed by atoms with Gasteiger partial charge in [0.2, 0.25) is 0 Å². The Bertz CT molecular complexity index is 680. The molecule has 22 heavy (non-hydrogen) atoms. The van der Waals surface area contributed by atoms with Gasteiger partial charge in [-0.25, -0.2) is 9.48 Å². The van der Waals surface area contributed by atoms with Crippen molar-refractivity contribution in [2.24, 2.45) is 0 Å². The van der Waals surface area contributed by atoms with Crippen molar-refractivity contribution >= 4 is 27.6 Å². The van der Waals surface area contributed by atoms with Gasteiger partial charge in [-0.3, -0.25) is 0 Å². The second-order valence-corrected chi connectivity index (χ2v) is 6.22. The highest BCUT2D eigenvalue weighted by Crippen LogP contribution is 2.26. The minimum absolute atomic E-state index is 0.339. The van der Waals surface area contributed by atoms with Crippen molar-refractivity contribution in [3.63, 3.8) is 0 Å². The van der Waals surface area contributed by atoms with E-state index < -0.39 is 5.97 Å². The van der Waals surface area contributed by atoms with E-state index in [1.165, 1.54) is 6.42 Å². The molecule has 1 N–H and O–H groups in total. The van der Waals surface area contributed by atoms with Gasteiger partial charge < -0.3 is 10.1 Å². The normalized spacial score (nSPS) is 14.5. The van der Waals surface area contributed by atoms with Crippen LogP contribution in [0.15, 0.2) is 34.9 Å². The molecule has 0 radical (unpaired) electrons. The van der Waals surface area contributed by atoms with Crippen molar-refractivity contribution in [1.82, 2.24) is 9.78 Å². The topological polar surface area (TPSA) is 56.1 Å². The lowest BCUT2D eigenvalue weighted by Crippen LogP contribution is -2.27. The summed E-state index contributed by atoms with van der Waals surface area (Å²) in [5.41, 5.74) is 1.97. The first-order valence-corrected chi connectivity index (χ1v) is 8.26. The standard InChI is InChI=1S/C16H18BrN3O2/c1-2-22-16(21)15-14(18-12-6-4-7-12)10-20(19-15)13-8-3-5-11(17)9-13/h3,5,8-10,12,18H,2,4,6-7H2,1H3. The lowest BCUT2D eigenvalue weighted by molar-refractivity contribution is 0.0520. The van der Waals surface area contributed by atoms with Crippen LogP contribution in [0.2, 0.25) is 0 Å². The molecule has 6 heteroatoms. The Morgan fingerprint density at radius 2 is 2.32 bits per heavy atom. The quantitative estimate of drug-likeness (QED) is 0.821. The molecule has 0 spiro atoms. The van der Waals surface area contributed by atoms with Crippen molar-refractivity contribution in [2.75, 3.05) is 11.9 Å². The third-order valence-corrected chi connectivity index (χ3v) is 4.21. The number of aromatic nitrogens is 2. The van der Waals surface area contributed by atoms with Crippen LogP contribution in [0.4, 0.5) is 5.69 Å². The van der Waals surface area contributed by atoms with E-state index in [-0.39, 0.29) is 0 Å². The van der Waals surface area contributed by atoms with Crippen LogP contribution in [0.1, 0.15) is 36.7 Å². The van der Waals surface area contributed by atoms with Gasteiger partial charge in [0.15, 0.2) is 5.69 Å². The van der Waals surface area contributed by atoms with Crippen molar-refractivity contribution in [1.29, 1.82) is 0 Å². The lowest BCUT2D eigenvalue weighted by atomic mass is 9.93. The summed E-state index contributed by atoms with van der Waals surface area (Å²) in [7, 11) is 0. The molecule has 2 aromatic rings. The molecule has 0 bridgehead atoms. The number of ether oxygens (including phenoxy) is 1. The number of halogens is 1. The molecule has 0 unspecified atom stereocenters. The van der Waals surface area contributed by atoms with Gasteiger partial charge in [0.05, 0.1) is 24.2 Å². The fraction of sp³-hybridized carbons (Fsp3) is 0.375. The Morgan fingerprint density at radius 3 is 2.95 bits per heavy atom.